The van der Waals surface area contributed by atoms with E-state index in [-0.39, 0.29) is 17.5 Å². The van der Waals surface area contributed by atoms with Gasteiger partial charge < -0.3 is 14.6 Å². The van der Waals surface area contributed by atoms with Crippen LogP contribution in [-0.2, 0) is 6.42 Å². The summed E-state index contributed by atoms with van der Waals surface area (Å²) in [6.07, 6.45) is 1.67. The number of hydrogen-bond acceptors (Lipinski definition) is 4. The van der Waals surface area contributed by atoms with Crippen LogP contribution >= 0.6 is 0 Å². The average molecular weight is 395 g/mol. The van der Waals surface area contributed by atoms with Gasteiger partial charge in [-0.1, -0.05) is 44.2 Å². The number of aryl methyl sites for hydroxylation is 2. The molecular weight excluding hydrogens is 364 g/mol. The van der Waals surface area contributed by atoms with Crippen molar-refractivity contribution >= 4 is 5.91 Å². The fourth-order valence-corrected chi connectivity index (χ4v) is 4.83. The lowest BCUT2D eigenvalue weighted by Crippen LogP contribution is -2.37. The molecule has 2 saturated heterocycles. The second-order valence-electron chi connectivity index (χ2n) is 8.89. The van der Waals surface area contributed by atoms with Gasteiger partial charge in [-0.25, -0.2) is 4.79 Å². The number of fused-ring (bicyclic) bond motifs is 1. The lowest BCUT2D eigenvalue weighted by atomic mass is 9.89. The molecule has 2 aliphatic heterocycles. The summed E-state index contributed by atoms with van der Waals surface area (Å²) < 4.78 is 5.54. The SMILES string of the molecule is Cc1cc(CCC(C)C)oc(=O)c1C(=O)N1C[C@@H]2CNC[C@@H]2[C@@H]1c1ccccc1. The van der Waals surface area contributed by atoms with E-state index in [2.05, 4.69) is 31.3 Å². The zero-order valence-corrected chi connectivity index (χ0v) is 17.5. The van der Waals surface area contributed by atoms with Gasteiger partial charge in [0.25, 0.3) is 5.91 Å². The van der Waals surface area contributed by atoms with Crippen molar-refractivity contribution in [2.45, 2.75) is 39.7 Å². The monoisotopic (exact) mass is 394 g/mol. The first-order valence-corrected chi connectivity index (χ1v) is 10.7. The second-order valence-corrected chi connectivity index (χ2v) is 8.89. The number of carbonyl (C=O) groups excluding carboxylic acids is 1. The standard InChI is InChI=1S/C24H30N2O3/c1-15(2)9-10-19-11-16(3)21(24(28)29-19)23(27)26-14-18-12-25-13-20(18)22(26)17-7-5-4-6-8-17/h4-8,11,15,18,20,22,25H,9-10,12-14H2,1-3H3/t18-,20-,22-/m0/s1. The Morgan fingerprint density at radius 1 is 1.24 bits per heavy atom. The molecule has 154 valence electrons. The first-order valence-electron chi connectivity index (χ1n) is 10.7. The maximum atomic E-state index is 13.5. The van der Waals surface area contributed by atoms with E-state index in [4.69, 9.17) is 4.42 Å². The summed E-state index contributed by atoms with van der Waals surface area (Å²) in [5.41, 5.74) is 1.53. The molecule has 1 amide bonds. The quantitative estimate of drug-likeness (QED) is 0.842. The maximum Gasteiger partial charge on any atom is 0.349 e. The Hall–Kier alpha value is -2.40. The highest BCUT2D eigenvalue weighted by molar-refractivity contribution is 5.95. The number of likely N-dealkylation sites (tertiary alicyclic amines) is 1. The van der Waals surface area contributed by atoms with Crippen LogP contribution in [0.1, 0.15) is 53.6 Å². The van der Waals surface area contributed by atoms with Crippen molar-refractivity contribution in [3.63, 3.8) is 0 Å². The van der Waals surface area contributed by atoms with Gasteiger partial charge in [-0.05, 0) is 42.4 Å². The molecule has 2 fully saturated rings. The van der Waals surface area contributed by atoms with E-state index in [1.807, 2.05) is 36.1 Å². The molecule has 1 N–H and O–H groups in total. The summed E-state index contributed by atoms with van der Waals surface area (Å²) in [6.45, 7) is 8.62. The molecule has 3 heterocycles. The van der Waals surface area contributed by atoms with Crippen LogP contribution in [0.25, 0.3) is 0 Å². The Labute approximate surface area is 172 Å². The molecule has 0 aliphatic carbocycles. The summed E-state index contributed by atoms with van der Waals surface area (Å²) in [4.78, 5) is 28.2. The number of nitrogens with one attached hydrogen (secondary N) is 1. The van der Waals surface area contributed by atoms with Crippen LogP contribution in [0.2, 0.25) is 0 Å². The molecule has 1 aromatic heterocycles. The van der Waals surface area contributed by atoms with Gasteiger partial charge in [0, 0.05) is 32.0 Å². The van der Waals surface area contributed by atoms with Crippen molar-refractivity contribution in [3.05, 3.63) is 69.3 Å². The number of nitrogens with zero attached hydrogens (tertiary/aromatic N) is 1. The van der Waals surface area contributed by atoms with Crippen molar-refractivity contribution in [1.29, 1.82) is 0 Å². The Kier molecular flexibility index (Phi) is 5.59. The zero-order valence-electron chi connectivity index (χ0n) is 17.5. The van der Waals surface area contributed by atoms with Crippen molar-refractivity contribution in [2.75, 3.05) is 19.6 Å². The summed E-state index contributed by atoms with van der Waals surface area (Å²) >= 11 is 0. The van der Waals surface area contributed by atoms with Gasteiger partial charge in [0.15, 0.2) is 0 Å². The molecule has 0 bridgehead atoms. The number of amides is 1. The van der Waals surface area contributed by atoms with Crippen LogP contribution in [-0.4, -0.2) is 30.4 Å². The highest BCUT2D eigenvalue weighted by Gasteiger charge is 2.47. The van der Waals surface area contributed by atoms with Crippen LogP contribution in [0.4, 0.5) is 0 Å². The van der Waals surface area contributed by atoms with Crippen LogP contribution in [0.5, 0.6) is 0 Å². The lowest BCUT2D eigenvalue weighted by molar-refractivity contribution is 0.0708. The smallest absolute Gasteiger partial charge is 0.349 e. The fourth-order valence-electron chi connectivity index (χ4n) is 4.83. The van der Waals surface area contributed by atoms with Gasteiger partial charge in [-0.15, -0.1) is 0 Å². The molecule has 2 aliphatic rings. The predicted octanol–water partition coefficient (Wildman–Crippen LogP) is 3.57. The Morgan fingerprint density at radius 3 is 2.69 bits per heavy atom. The van der Waals surface area contributed by atoms with Crippen LogP contribution < -0.4 is 10.9 Å². The third kappa shape index (κ3) is 3.88. The Bertz CT molecular complexity index is 935. The zero-order chi connectivity index (χ0) is 20.5. The number of hydrogen-bond donors (Lipinski definition) is 1. The predicted molar refractivity (Wildman–Crippen MR) is 113 cm³/mol. The molecule has 2 aromatic rings. The van der Waals surface area contributed by atoms with E-state index in [1.54, 1.807) is 0 Å². The molecule has 0 spiro atoms. The topological polar surface area (TPSA) is 62.6 Å². The minimum absolute atomic E-state index is 0.0110. The summed E-state index contributed by atoms with van der Waals surface area (Å²) in [6, 6.07) is 12.0. The van der Waals surface area contributed by atoms with Gasteiger partial charge in [-0.3, -0.25) is 4.79 Å². The molecule has 4 rings (SSSR count). The average Bonchev–Trinajstić information content (AvgIpc) is 3.27. The largest absolute Gasteiger partial charge is 0.427 e. The first-order chi connectivity index (χ1) is 14.0. The Balaban J connectivity index is 1.65. The maximum absolute atomic E-state index is 13.5. The summed E-state index contributed by atoms with van der Waals surface area (Å²) in [7, 11) is 0. The molecule has 5 nitrogen and oxygen atoms in total. The van der Waals surface area contributed by atoms with Crippen molar-refractivity contribution in [1.82, 2.24) is 10.2 Å². The molecule has 0 unspecified atom stereocenters. The first kappa shape index (κ1) is 19.9. The fraction of sp³-hybridized carbons (Fsp3) is 0.500. The molecule has 0 saturated carbocycles. The van der Waals surface area contributed by atoms with Gasteiger partial charge in [0.1, 0.15) is 11.3 Å². The Morgan fingerprint density at radius 2 is 2.00 bits per heavy atom. The highest BCUT2D eigenvalue weighted by atomic mass is 16.4. The molecule has 29 heavy (non-hydrogen) atoms. The normalized spacial score (nSPS) is 23.6. The molecule has 0 radical (unpaired) electrons. The van der Waals surface area contributed by atoms with Gasteiger partial charge in [-0.2, -0.15) is 0 Å². The minimum Gasteiger partial charge on any atom is -0.427 e. The van der Waals surface area contributed by atoms with Gasteiger partial charge in [0.05, 0.1) is 6.04 Å². The van der Waals surface area contributed by atoms with E-state index >= 15 is 0 Å². The van der Waals surface area contributed by atoms with E-state index in [0.29, 0.717) is 42.0 Å². The van der Waals surface area contributed by atoms with E-state index in [0.717, 1.165) is 25.1 Å². The lowest BCUT2D eigenvalue weighted by Gasteiger charge is -2.28. The van der Waals surface area contributed by atoms with E-state index in [9.17, 15) is 9.59 Å². The van der Waals surface area contributed by atoms with Crippen LogP contribution in [0, 0.1) is 24.7 Å². The summed E-state index contributed by atoms with van der Waals surface area (Å²) in [5, 5.41) is 3.46. The third-order valence-electron chi connectivity index (χ3n) is 6.35. The second kappa shape index (κ2) is 8.15. The van der Waals surface area contributed by atoms with Crippen LogP contribution in [0.3, 0.4) is 0 Å². The summed E-state index contributed by atoms with van der Waals surface area (Å²) in [5.74, 6) is 1.79. The molecule has 5 heteroatoms. The minimum atomic E-state index is -0.504. The van der Waals surface area contributed by atoms with E-state index < -0.39 is 5.63 Å². The van der Waals surface area contributed by atoms with E-state index in [1.165, 1.54) is 0 Å². The van der Waals surface area contributed by atoms with Gasteiger partial charge in [0.2, 0.25) is 0 Å². The third-order valence-corrected chi connectivity index (χ3v) is 6.35. The van der Waals surface area contributed by atoms with Crippen molar-refractivity contribution in [3.8, 4) is 0 Å². The number of rotatable bonds is 5. The highest BCUT2D eigenvalue weighted by Crippen LogP contribution is 2.43. The molecular formula is C24H30N2O3. The number of benzene rings is 1. The molecule has 1 aromatic carbocycles. The molecule has 3 atom stereocenters. The van der Waals surface area contributed by atoms with Crippen molar-refractivity contribution in [2.24, 2.45) is 17.8 Å². The van der Waals surface area contributed by atoms with Gasteiger partial charge >= 0.3 is 5.63 Å². The van der Waals surface area contributed by atoms with Crippen molar-refractivity contribution < 1.29 is 9.21 Å². The van der Waals surface area contributed by atoms with Crippen LogP contribution in [0.15, 0.2) is 45.6 Å². The number of carbonyl (C=O) groups is 1.